The standard InChI is InChI=1S/C13H21ClN4O2/c1-13(2-4-15-5-3-13)9-16-10-8-17-18(6-7-19)12(20)11(10)14/h8,15-16,19H,2-7,9H2,1H3. The molecule has 1 fully saturated rings. The van der Waals surface area contributed by atoms with E-state index in [4.69, 9.17) is 16.7 Å². The van der Waals surface area contributed by atoms with Crippen LogP contribution in [0.1, 0.15) is 19.8 Å². The van der Waals surface area contributed by atoms with E-state index in [1.165, 1.54) is 4.68 Å². The third-order valence-corrected chi connectivity index (χ3v) is 4.18. The summed E-state index contributed by atoms with van der Waals surface area (Å²) in [5.74, 6) is 0. The van der Waals surface area contributed by atoms with Crippen molar-refractivity contribution in [1.82, 2.24) is 15.1 Å². The summed E-state index contributed by atoms with van der Waals surface area (Å²) in [5, 5.41) is 19.6. The summed E-state index contributed by atoms with van der Waals surface area (Å²) in [5.41, 5.74) is 0.390. The highest BCUT2D eigenvalue weighted by Crippen LogP contribution is 2.28. The maximum atomic E-state index is 11.9. The smallest absolute Gasteiger partial charge is 0.287 e. The molecule has 2 rings (SSSR count). The van der Waals surface area contributed by atoms with Gasteiger partial charge in [0.25, 0.3) is 5.56 Å². The number of aliphatic hydroxyl groups is 1. The molecule has 1 aliphatic heterocycles. The van der Waals surface area contributed by atoms with Gasteiger partial charge in [-0.1, -0.05) is 18.5 Å². The molecule has 0 unspecified atom stereocenters. The maximum absolute atomic E-state index is 11.9. The summed E-state index contributed by atoms with van der Waals surface area (Å²) in [6.07, 6.45) is 3.73. The molecule has 0 bridgehead atoms. The topological polar surface area (TPSA) is 79.2 Å². The molecule has 3 N–H and O–H groups in total. The van der Waals surface area contributed by atoms with Crippen LogP contribution >= 0.6 is 11.6 Å². The van der Waals surface area contributed by atoms with Gasteiger partial charge in [0.05, 0.1) is 25.0 Å². The highest BCUT2D eigenvalue weighted by Gasteiger charge is 2.26. The lowest BCUT2D eigenvalue weighted by Crippen LogP contribution is -2.39. The number of anilines is 1. The van der Waals surface area contributed by atoms with E-state index in [1.54, 1.807) is 6.20 Å². The average Bonchev–Trinajstić information content (AvgIpc) is 2.44. The summed E-state index contributed by atoms with van der Waals surface area (Å²) in [6, 6.07) is 0. The predicted molar refractivity (Wildman–Crippen MR) is 79.3 cm³/mol. The van der Waals surface area contributed by atoms with Gasteiger partial charge in [-0.2, -0.15) is 5.10 Å². The first-order valence-corrected chi connectivity index (χ1v) is 7.25. The van der Waals surface area contributed by atoms with Crippen molar-refractivity contribution in [3.05, 3.63) is 21.6 Å². The van der Waals surface area contributed by atoms with Gasteiger partial charge in [-0.3, -0.25) is 4.79 Å². The second-order valence-corrected chi connectivity index (χ2v) is 5.92. The third kappa shape index (κ3) is 3.50. The number of nitrogens with zero attached hydrogens (tertiary/aromatic N) is 2. The fourth-order valence-electron chi connectivity index (χ4n) is 2.36. The SMILES string of the molecule is CC1(CNc2cnn(CCO)c(=O)c2Cl)CCNCC1. The quantitative estimate of drug-likeness (QED) is 0.746. The Labute approximate surface area is 123 Å². The fourth-order valence-corrected chi connectivity index (χ4v) is 2.57. The second kappa shape index (κ2) is 6.56. The van der Waals surface area contributed by atoms with E-state index in [9.17, 15) is 4.79 Å². The van der Waals surface area contributed by atoms with Crippen LogP contribution in [-0.2, 0) is 6.54 Å². The van der Waals surface area contributed by atoms with E-state index >= 15 is 0 Å². The largest absolute Gasteiger partial charge is 0.394 e. The molecule has 7 heteroatoms. The fraction of sp³-hybridized carbons (Fsp3) is 0.692. The summed E-state index contributed by atoms with van der Waals surface area (Å²) in [6.45, 7) is 5.04. The molecule has 0 atom stereocenters. The van der Waals surface area contributed by atoms with Gasteiger partial charge >= 0.3 is 0 Å². The Balaban J connectivity index is 2.06. The molecule has 0 aromatic carbocycles. The van der Waals surface area contributed by atoms with Gasteiger partial charge in [0.15, 0.2) is 0 Å². The Hall–Kier alpha value is -1.11. The first kappa shape index (κ1) is 15.3. The predicted octanol–water partition coefficient (Wildman–Crippen LogP) is 0.691. The molecule has 6 nitrogen and oxygen atoms in total. The number of aliphatic hydroxyl groups excluding tert-OH is 1. The maximum Gasteiger partial charge on any atom is 0.287 e. The van der Waals surface area contributed by atoms with Crippen LogP contribution in [0.3, 0.4) is 0 Å². The monoisotopic (exact) mass is 300 g/mol. The van der Waals surface area contributed by atoms with Gasteiger partial charge in [-0.05, 0) is 31.3 Å². The summed E-state index contributed by atoms with van der Waals surface area (Å²) < 4.78 is 1.17. The summed E-state index contributed by atoms with van der Waals surface area (Å²) in [4.78, 5) is 11.9. The highest BCUT2D eigenvalue weighted by atomic mass is 35.5. The molecule has 1 aromatic heterocycles. The van der Waals surface area contributed by atoms with Crippen LogP contribution in [0.2, 0.25) is 5.02 Å². The van der Waals surface area contributed by atoms with Crippen molar-refractivity contribution in [2.24, 2.45) is 5.41 Å². The molecule has 112 valence electrons. The first-order chi connectivity index (χ1) is 9.56. The normalized spacial score (nSPS) is 17.9. The molecule has 2 heterocycles. The Morgan fingerprint density at radius 2 is 2.25 bits per heavy atom. The van der Waals surface area contributed by atoms with E-state index in [0.29, 0.717) is 5.69 Å². The van der Waals surface area contributed by atoms with Crippen molar-refractivity contribution in [2.45, 2.75) is 26.3 Å². The average molecular weight is 301 g/mol. The Bertz CT molecular complexity index is 512. The van der Waals surface area contributed by atoms with Crippen molar-refractivity contribution in [2.75, 3.05) is 31.6 Å². The Morgan fingerprint density at radius 3 is 2.90 bits per heavy atom. The number of aromatic nitrogens is 2. The van der Waals surface area contributed by atoms with Crippen LogP contribution < -0.4 is 16.2 Å². The van der Waals surface area contributed by atoms with Crippen LogP contribution in [0.25, 0.3) is 0 Å². The van der Waals surface area contributed by atoms with Crippen LogP contribution in [0.15, 0.2) is 11.0 Å². The molecule has 0 amide bonds. The van der Waals surface area contributed by atoms with Crippen molar-refractivity contribution < 1.29 is 5.11 Å². The molecule has 1 saturated heterocycles. The van der Waals surface area contributed by atoms with E-state index < -0.39 is 0 Å². The van der Waals surface area contributed by atoms with Crippen molar-refractivity contribution in [3.63, 3.8) is 0 Å². The molecule has 0 spiro atoms. The summed E-state index contributed by atoms with van der Waals surface area (Å²) >= 11 is 6.07. The molecule has 0 radical (unpaired) electrons. The number of hydrogen-bond acceptors (Lipinski definition) is 5. The van der Waals surface area contributed by atoms with Crippen molar-refractivity contribution in [3.8, 4) is 0 Å². The van der Waals surface area contributed by atoms with Crippen molar-refractivity contribution in [1.29, 1.82) is 0 Å². The molecule has 1 aromatic rings. The zero-order chi connectivity index (χ0) is 14.6. The van der Waals surface area contributed by atoms with E-state index in [2.05, 4.69) is 22.7 Å². The van der Waals surface area contributed by atoms with Gasteiger partial charge in [0, 0.05) is 6.54 Å². The van der Waals surface area contributed by atoms with E-state index in [1.807, 2.05) is 0 Å². The zero-order valence-corrected chi connectivity index (χ0v) is 12.4. The van der Waals surface area contributed by atoms with E-state index in [-0.39, 0.29) is 29.1 Å². The number of piperidine rings is 1. The van der Waals surface area contributed by atoms with Crippen LogP contribution in [0, 0.1) is 5.41 Å². The van der Waals surface area contributed by atoms with Crippen LogP contribution in [0.5, 0.6) is 0 Å². The lowest BCUT2D eigenvalue weighted by molar-refractivity contribution is 0.247. The van der Waals surface area contributed by atoms with Crippen molar-refractivity contribution >= 4 is 17.3 Å². The number of nitrogens with one attached hydrogen (secondary N) is 2. The molecule has 1 aliphatic rings. The first-order valence-electron chi connectivity index (χ1n) is 6.87. The van der Waals surface area contributed by atoms with Gasteiger partial charge < -0.3 is 15.7 Å². The number of rotatable bonds is 5. The summed E-state index contributed by atoms with van der Waals surface area (Å²) in [7, 11) is 0. The Morgan fingerprint density at radius 1 is 1.55 bits per heavy atom. The zero-order valence-electron chi connectivity index (χ0n) is 11.7. The van der Waals surface area contributed by atoms with Crippen LogP contribution in [-0.4, -0.2) is 41.1 Å². The minimum Gasteiger partial charge on any atom is -0.394 e. The molecule has 0 saturated carbocycles. The van der Waals surface area contributed by atoms with Gasteiger partial charge in [-0.15, -0.1) is 0 Å². The Kier molecular flexibility index (Phi) is 5.01. The lowest BCUT2D eigenvalue weighted by atomic mass is 9.81. The second-order valence-electron chi connectivity index (χ2n) is 5.54. The highest BCUT2D eigenvalue weighted by molar-refractivity contribution is 6.32. The minimum atomic E-state index is -0.374. The molecule has 0 aliphatic carbocycles. The lowest BCUT2D eigenvalue weighted by Gasteiger charge is -2.34. The van der Waals surface area contributed by atoms with Crippen LogP contribution in [0.4, 0.5) is 5.69 Å². The molecular weight excluding hydrogens is 280 g/mol. The van der Waals surface area contributed by atoms with Gasteiger partial charge in [0.2, 0.25) is 0 Å². The number of halogens is 1. The molecule has 20 heavy (non-hydrogen) atoms. The number of hydrogen-bond donors (Lipinski definition) is 3. The van der Waals surface area contributed by atoms with Gasteiger partial charge in [-0.25, -0.2) is 4.68 Å². The third-order valence-electron chi connectivity index (χ3n) is 3.81. The van der Waals surface area contributed by atoms with Gasteiger partial charge in [0.1, 0.15) is 5.02 Å². The molecular formula is C13H21ClN4O2. The van der Waals surface area contributed by atoms with E-state index in [0.717, 1.165) is 32.5 Å². The minimum absolute atomic E-state index is 0.131.